The molecular formula is C14H19N5O. The van der Waals surface area contributed by atoms with Gasteiger partial charge in [0.2, 0.25) is 0 Å². The Balaban J connectivity index is 2.29. The molecule has 106 valence electrons. The van der Waals surface area contributed by atoms with Crippen molar-refractivity contribution in [2.75, 3.05) is 7.05 Å². The van der Waals surface area contributed by atoms with Crippen LogP contribution < -0.4 is 0 Å². The van der Waals surface area contributed by atoms with E-state index >= 15 is 0 Å². The predicted octanol–water partition coefficient (Wildman–Crippen LogP) is 1.66. The number of nitrogens with zero attached hydrogens (tertiary/aromatic N) is 5. The van der Waals surface area contributed by atoms with Crippen molar-refractivity contribution in [1.82, 2.24) is 24.6 Å². The summed E-state index contributed by atoms with van der Waals surface area (Å²) in [4.78, 5) is 22.4. The molecule has 0 saturated carbocycles. The van der Waals surface area contributed by atoms with Gasteiger partial charge in [0, 0.05) is 26.0 Å². The zero-order valence-electron chi connectivity index (χ0n) is 12.5. The standard InChI is InChI=1S/C14H19N5O/c1-9-13(11(3)19(5)17-9)14(20)18(4)10(2)12-6-7-15-8-16-12/h6-8,10H,1-5H3/t10-/m1/s1. The molecule has 0 aliphatic carbocycles. The highest BCUT2D eigenvalue weighted by atomic mass is 16.2. The second-order valence-electron chi connectivity index (χ2n) is 4.90. The Morgan fingerprint density at radius 1 is 1.40 bits per heavy atom. The van der Waals surface area contributed by atoms with E-state index in [1.54, 1.807) is 22.8 Å². The van der Waals surface area contributed by atoms with Crippen LogP contribution in [0.2, 0.25) is 0 Å². The van der Waals surface area contributed by atoms with E-state index in [4.69, 9.17) is 0 Å². The van der Waals surface area contributed by atoms with E-state index in [2.05, 4.69) is 15.1 Å². The van der Waals surface area contributed by atoms with Crippen molar-refractivity contribution in [1.29, 1.82) is 0 Å². The maximum atomic E-state index is 12.6. The average Bonchev–Trinajstić information content (AvgIpc) is 2.71. The highest BCUT2D eigenvalue weighted by Crippen LogP contribution is 2.21. The van der Waals surface area contributed by atoms with Crippen LogP contribution in [0, 0.1) is 13.8 Å². The molecule has 1 atom stereocenters. The highest BCUT2D eigenvalue weighted by molar-refractivity contribution is 5.96. The molecule has 20 heavy (non-hydrogen) atoms. The predicted molar refractivity (Wildman–Crippen MR) is 75.2 cm³/mol. The van der Waals surface area contributed by atoms with Crippen LogP contribution in [0.25, 0.3) is 0 Å². The quantitative estimate of drug-likeness (QED) is 0.853. The fraction of sp³-hybridized carbons (Fsp3) is 0.429. The van der Waals surface area contributed by atoms with Gasteiger partial charge < -0.3 is 4.90 Å². The molecule has 6 heteroatoms. The van der Waals surface area contributed by atoms with Crippen molar-refractivity contribution in [3.05, 3.63) is 41.2 Å². The van der Waals surface area contributed by atoms with Crippen molar-refractivity contribution in [3.63, 3.8) is 0 Å². The van der Waals surface area contributed by atoms with Crippen LogP contribution in [0.5, 0.6) is 0 Å². The van der Waals surface area contributed by atoms with Gasteiger partial charge in [0.25, 0.3) is 5.91 Å². The molecule has 0 aliphatic heterocycles. The normalized spacial score (nSPS) is 12.2. The number of hydrogen-bond donors (Lipinski definition) is 0. The summed E-state index contributed by atoms with van der Waals surface area (Å²) in [5.74, 6) is -0.0424. The Labute approximate surface area is 118 Å². The smallest absolute Gasteiger partial charge is 0.257 e. The first-order valence-electron chi connectivity index (χ1n) is 6.46. The number of hydrogen-bond acceptors (Lipinski definition) is 4. The second kappa shape index (κ2) is 5.40. The molecule has 0 aromatic carbocycles. The van der Waals surface area contributed by atoms with Gasteiger partial charge >= 0.3 is 0 Å². The third-order valence-electron chi connectivity index (χ3n) is 3.66. The van der Waals surface area contributed by atoms with E-state index in [9.17, 15) is 4.79 Å². The minimum atomic E-state index is -0.121. The lowest BCUT2D eigenvalue weighted by atomic mass is 10.1. The first kappa shape index (κ1) is 14.2. The molecule has 0 radical (unpaired) electrons. The molecule has 0 fully saturated rings. The number of aryl methyl sites for hydroxylation is 2. The van der Waals surface area contributed by atoms with Crippen LogP contribution in [0.4, 0.5) is 0 Å². The van der Waals surface area contributed by atoms with E-state index in [0.29, 0.717) is 5.56 Å². The summed E-state index contributed by atoms with van der Waals surface area (Å²) in [6.45, 7) is 5.70. The summed E-state index contributed by atoms with van der Waals surface area (Å²) in [5, 5.41) is 4.29. The lowest BCUT2D eigenvalue weighted by Crippen LogP contribution is -2.31. The van der Waals surface area contributed by atoms with Gasteiger partial charge in [-0.1, -0.05) is 0 Å². The third-order valence-corrected chi connectivity index (χ3v) is 3.66. The fourth-order valence-electron chi connectivity index (χ4n) is 2.18. The molecule has 2 aromatic heterocycles. The summed E-state index contributed by atoms with van der Waals surface area (Å²) in [7, 11) is 3.62. The van der Waals surface area contributed by atoms with Crippen molar-refractivity contribution in [2.24, 2.45) is 7.05 Å². The topological polar surface area (TPSA) is 63.9 Å². The van der Waals surface area contributed by atoms with Gasteiger partial charge in [0.05, 0.1) is 23.0 Å². The number of aromatic nitrogens is 4. The summed E-state index contributed by atoms with van der Waals surface area (Å²) in [5.41, 5.74) is 3.09. The first-order chi connectivity index (χ1) is 9.43. The molecule has 0 bridgehead atoms. The van der Waals surface area contributed by atoms with Crippen LogP contribution in [-0.4, -0.2) is 37.6 Å². The van der Waals surface area contributed by atoms with Crippen LogP contribution in [0.3, 0.4) is 0 Å². The van der Waals surface area contributed by atoms with Gasteiger partial charge in [-0.15, -0.1) is 0 Å². The van der Waals surface area contributed by atoms with Gasteiger partial charge in [-0.3, -0.25) is 9.48 Å². The molecule has 6 nitrogen and oxygen atoms in total. The second-order valence-corrected chi connectivity index (χ2v) is 4.90. The summed E-state index contributed by atoms with van der Waals surface area (Å²) >= 11 is 0. The number of amides is 1. The van der Waals surface area contributed by atoms with Crippen molar-refractivity contribution >= 4 is 5.91 Å². The molecule has 0 saturated heterocycles. The van der Waals surface area contributed by atoms with E-state index in [1.807, 2.05) is 33.9 Å². The Kier molecular flexibility index (Phi) is 3.83. The number of carbonyl (C=O) groups excluding carboxylic acids is 1. The molecule has 2 aromatic rings. The van der Waals surface area contributed by atoms with E-state index in [1.165, 1.54) is 6.33 Å². The molecule has 0 spiro atoms. The Morgan fingerprint density at radius 3 is 2.60 bits per heavy atom. The van der Waals surface area contributed by atoms with E-state index in [0.717, 1.165) is 17.1 Å². The average molecular weight is 273 g/mol. The van der Waals surface area contributed by atoms with Gasteiger partial charge in [-0.25, -0.2) is 9.97 Å². The molecule has 2 heterocycles. The monoisotopic (exact) mass is 273 g/mol. The summed E-state index contributed by atoms with van der Waals surface area (Å²) in [6, 6.07) is 1.70. The SMILES string of the molecule is Cc1nn(C)c(C)c1C(=O)N(C)[C@H](C)c1ccncn1. The summed E-state index contributed by atoms with van der Waals surface area (Å²) in [6.07, 6.45) is 3.17. The minimum Gasteiger partial charge on any atom is -0.333 e. The Hall–Kier alpha value is -2.24. The third kappa shape index (κ3) is 2.41. The fourth-order valence-corrected chi connectivity index (χ4v) is 2.18. The molecule has 0 N–H and O–H groups in total. The van der Waals surface area contributed by atoms with Gasteiger partial charge in [-0.05, 0) is 26.8 Å². The van der Waals surface area contributed by atoms with Crippen molar-refractivity contribution in [2.45, 2.75) is 26.8 Å². The van der Waals surface area contributed by atoms with Crippen LogP contribution >= 0.6 is 0 Å². The molecule has 2 rings (SSSR count). The largest absolute Gasteiger partial charge is 0.333 e. The van der Waals surface area contributed by atoms with Crippen molar-refractivity contribution in [3.8, 4) is 0 Å². The molecule has 1 amide bonds. The lowest BCUT2D eigenvalue weighted by Gasteiger charge is -2.24. The number of rotatable bonds is 3. The number of carbonyl (C=O) groups is 1. The molecule has 0 unspecified atom stereocenters. The maximum Gasteiger partial charge on any atom is 0.257 e. The zero-order valence-corrected chi connectivity index (χ0v) is 12.5. The van der Waals surface area contributed by atoms with Gasteiger partial charge in [-0.2, -0.15) is 5.10 Å². The van der Waals surface area contributed by atoms with E-state index in [-0.39, 0.29) is 11.9 Å². The highest BCUT2D eigenvalue weighted by Gasteiger charge is 2.24. The van der Waals surface area contributed by atoms with Crippen LogP contribution in [0.1, 0.15) is 40.4 Å². The Morgan fingerprint density at radius 2 is 2.10 bits per heavy atom. The molecular weight excluding hydrogens is 254 g/mol. The minimum absolute atomic E-state index is 0.0424. The van der Waals surface area contributed by atoms with Gasteiger partial charge in [0.1, 0.15) is 6.33 Å². The maximum absolute atomic E-state index is 12.6. The van der Waals surface area contributed by atoms with E-state index < -0.39 is 0 Å². The van der Waals surface area contributed by atoms with Crippen LogP contribution in [0.15, 0.2) is 18.6 Å². The van der Waals surface area contributed by atoms with Crippen molar-refractivity contribution < 1.29 is 4.79 Å². The first-order valence-corrected chi connectivity index (χ1v) is 6.46. The Bertz CT molecular complexity index is 620. The zero-order chi connectivity index (χ0) is 14.9. The molecule has 0 aliphatic rings. The van der Waals surface area contributed by atoms with Gasteiger partial charge in [0.15, 0.2) is 0 Å². The van der Waals surface area contributed by atoms with Crippen LogP contribution in [-0.2, 0) is 7.05 Å². The lowest BCUT2D eigenvalue weighted by molar-refractivity contribution is 0.0738. The summed E-state index contributed by atoms with van der Waals surface area (Å²) < 4.78 is 1.73.